The van der Waals surface area contributed by atoms with Gasteiger partial charge in [-0.25, -0.2) is 9.97 Å². The predicted octanol–water partition coefficient (Wildman–Crippen LogP) is 4.36. The van der Waals surface area contributed by atoms with Crippen LogP contribution in [0.15, 0.2) is 24.3 Å². The summed E-state index contributed by atoms with van der Waals surface area (Å²) in [5.74, 6) is 0.777. The minimum Gasteiger partial charge on any atom is -0.348 e. The van der Waals surface area contributed by atoms with Crippen molar-refractivity contribution in [1.82, 2.24) is 15.3 Å². The number of anilines is 2. The molecule has 0 aliphatic rings. The van der Waals surface area contributed by atoms with Gasteiger partial charge >= 0.3 is 0 Å². The first-order valence-electron chi connectivity index (χ1n) is 7.27. The second kappa shape index (κ2) is 7.62. The van der Waals surface area contributed by atoms with Crippen molar-refractivity contribution in [3.8, 4) is 0 Å². The molecule has 0 aliphatic carbocycles. The summed E-state index contributed by atoms with van der Waals surface area (Å²) < 4.78 is 0. The Morgan fingerprint density at radius 1 is 1.17 bits per heavy atom. The molecule has 0 fully saturated rings. The lowest BCUT2D eigenvalue weighted by atomic mass is 10.2. The number of rotatable bonds is 5. The highest BCUT2D eigenvalue weighted by atomic mass is 35.5. The summed E-state index contributed by atoms with van der Waals surface area (Å²) in [5, 5.41) is 7.00. The van der Waals surface area contributed by atoms with Crippen LogP contribution in [-0.4, -0.2) is 21.9 Å². The summed E-state index contributed by atoms with van der Waals surface area (Å²) in [5.41, 5.74) is 1.00. The van der Waals surface area contributed by atoms with E-state index in [1.165, 1.54) is 0 Å². The molecule has 0 radical (unpaired) electrons. The van der Waals surface area contributed by atoms with Crippen LogP contribution >= 0.6 is 23.2 Å². The van der Waals surface area contributed by atoms with Crippen LogP contribution in [0.1, 0.15) is 36.6 Å². The number of benzene rings is 1. The number of aryl methyl sites for hydroxylation is 1. The standard InChI is InChI=1S/C16H18Cl2N4O/c1-4-9(2)19-16(23)14-8-15(21-10(3)20-14)22-13-6-11(17)5-12(18)7-13/h5-9H,4H2,1-3H3,(H,19,23)(H,20,21,22). The largest absolute Gasteiger partial charge is 0.348 e. The molecule has 5 nitrogen and oxygen atoms in total. The number of hydrogen-bond donors (Lipinski definition) is 2. The molecule has 7 heteroatoms. The molecule has 0 spiro atoms. The van der Waals surface area contributed by atoms with Crippen LogP contribution in [0.4, 0.5) is 11.5 Å². The molecule has 2 N–H and O–H groups in total. The van der Waals surface area contributed by atoms with E-state index in [1.54, 1.807) is 31.2 Å². The van der Waals surface area contributed by atoms with Gasteiger partial charge in [0.2, 0.25) is 0 Å². The van der Waals surface area contributed by atoms with E-state index in [9.17, 15) is 4.79 Å². The van der Waals surface area contributed by atoms with Gasteiger partial charge in [-0.1, -0.05) is 30.1 Å². The monoisotopic (exact) mass is 352 g/mol. The van der Waals surface area contributed by atoms with Gasteiger partial charge in [0.25, 0.3) is 5.91 Å². The Hall–Kier alpha value is -1.85. The number of carbonyl (C=O) groups is 1. The molecular formula is C16H18Cl2N4O. The van der Waals surface area contributed by atoms with Crippen molar-refractivity contribution in [2.45, 2.75) is 33.2 Å². The van der Waals surface area contributed by atoms with Crippen LogP contribution in [0.2, 0.25) is 10.0 Å². The summed E-state index contributed by atoms with van der Waals surface area (Å²) in [7, 11) is 0. The smallest absolute Gasteiger partial charge is 0.270 e. The molecule has 1 unspecified atom stereocenters. The molecule has 122 valence electrons. The maximum Gasteiger partial charge on any atom is 0.270 e. The van der Waals surface area contributed by atoms with Crippen LogP contribution < -0.4 is 10.6 Å². The predicted molar refractivity (Wildman–Crippen MR) is 93.7 cm³/mol. The highest BCUT2D eigenvalue weighted by Gasteiger charge is 2.13. The highest BCUT2D eigenvalue weighted by molar-refractivity contribution is 6.35. The number of hydrogen-bond acceptors (Lipinski definition) is 4. The fourth-order valence-electron chi connectivity index (χ4n) is 1.92. The van der Waals surface area contributed by atoms with Crippen LogP contribution in [0.3, 0.4) is 0 Å². The van der Waals surface area contributed by atoms with Crippen molar-refractivity contribution in [2.24, 2.45) is 0 Å². The summed E-state index contributed by atoms with van der Waals surface area (Å²) in [4.78, 5) is 20.7. The number of nitrogens with zero attached hydrogens (tertiary/aromatic N) is 2. The van der Waals surface area contributed by atoms with Gasteiger partial charge in [0.05, 0.1) is 0 Å². The minimum atomic E-state index is -0.225. The maximum atomic E-state index is 12.2. The van der Waals surface area contributed by atoms with Crippen LogP contribution in [0, 0.1) is 6.92 Å². The zero-order chi connectivity index (χ0) is 17.0. The molecule has 0 saturated heterocycles. The van der Waals surface area contributed by atoms with Crippen molar-refractivity contribution in [3.05, 3.63) is 45.8 Å². The summed E-state index contributed by atoms with van der Waals surface area (Å²) in [6.07, 6.45) is 0.849. The number of nitrogens with one attached hydrogen (secondary N) is 2. The highest BCUT2D eigenvalue weighted by Crippen LogP contribution is 2.24. The van der Waals surface area contributed by atoms with E-state index in [2.05, 4.69) is 20.6 Å². The van der Waals surface area contributed by atoms with E-state index in [0.717, 1.165) is 6.42 Å². The third kappa shape index (κ3) is 5.08. The normalized spacial score (nSPS) is 11.9. The zero-order valence-corrected chi connectivity index (χ0v) is 14.7. The lowest BCUT2D eigenvalue weighted by molar-refractivity contribution is 0.0934. The van der Waals surface area contributed by atoms with Gasteiger partial charge in [-0.3, -0.25) is 4.79 Å². The molecule has 1 heterocycles. The lowest BCUT2D eigenvalue weighted by Crippen LogP contribution is -2.32. The summed E-state index contributed by atoms with van der Waals surface area (Å²) in [6.45, 7) is 5.68. The van der Waals surface area contributed by atoms with Crippen molar-refractivity contribution in [2.75, 3.05) is 5.32 Å². The Morgan fingerprint density at radius 2 is 1.83 bits per heavy atom. The van der Waals surface area contributed by atoms with Crippen LogP contribution in [0.5, 0.6) is 0 Å². The SMILES string of the molecule is CCC(C)NC(=O)c1cc(Nc2cc(Cl)cc(Cl)c2)nc(C)n1. The van der Waals surface area contributed by atoms with Crippen molar-refractivity contribution < 1.29 is 4.79 Å². The molecule has 0 bridgehead atoms. The Labute approximate surface area is 145 Å². The van der Waals surface area contributed by atoms with E-state index >= 15 is 0 Å². The van der Waals surface area contributed by atoms with Gasteiger partial charge in [-0.05, 0) is 38.5 Å². The van der Waals surface area contributed by atoms with Gasteiger partial charge in [0.1, 0.15) is 17.3 Å². The second-order valence-electron chi connectivity index (χ2n) is 5.25. The minimum absolute atomic E-state index is 0.0842. The van der Waals surface area contributed by atoms with Crippen molar-refractivity contribution >= 4 is 40.6 Å². The third-order valence-electron chi connectivity index (χ3n) is 3.20. The van der Waals surface area contributed by atoms with Crippen LogP contribution in [0.25, 0.3) is 0 Å². The average Bonchev–Trinajstić information content (AvgIpc) is 2.45. The molecule has 0 saturated carbocycles. The average molecular weight is 353 g/mol. The number of halogens is 2. The van der Waals surface area contributed by atoms with Gasteiger partial charge in [0.15, 0.2) is 0 Å². The van der Waals surface area contributed by atoms with Crippen LogP contribution in [-0.2, 0) is 0 Å². The number of carbonyl (C=O) groups excluding carboxylic acids is 1. The van der Waals surface area contributed by atoms with Crippen molar-refractivity contribution in [1.29, 1.82) is 0 Å². The Morgan fingerprint density at radius 3 is 2.43 bits per heavy atom. The molecule has 23 heavy (non-hydrogen) atoms. The van der Waals surface area contributed by atoms with Gasteiger partial charge in [-0.15, -0.1) is 0 Å². The quantitative estimate of drug-likeness (QED) is 0.838. The van der Waals surface area contributed by atoms with E-state index in [0.29, 0.717) is 33.1 Å². The van der Waals surface area contributed by atoms with E-state index in [1.807, 2.05) is 13.8 Å². The van der Waals surface area contributed by atoms with E-state index in [-0.39, 0.29) is 11.9 Å². The van der Waals surface area contributed by atoms with E-state index in [4.69, 9.17) is 23.2 Å². The Kier molecular flexibility index (Phi) is 5.80. The molecule has 2 rings (SSSR count). The first-order valence-corrected chi connectivity index (χ1v) is 8.02. The maximum absolute atomic E-state index is 12.2. The number of amides is 1. The lowest BCUT2D eigenvalue weighted by Gasteiger charge is -2.12. The molecule has 1 atom stereocenters. The van der Waals surface area contributed by atoms with Crippen molar-refractivity contribution in [3.63, 3.8) is 0 Å². The first kappa shape index (κ1) is 17.5. The van der Waals surface area contributed by atoms with Gasteiger partial charge in [-0.2, -0.15) is 0 Å². The topological polar surface area (TPSA) is 66.9 Å². The first-order chi connectivity index (χ1) is 10.9. The molecule has 1 aromatic heterocycles. The Bertz CT molecular complexity index is 701. The Balaban J connectivity index is 2.24. The van der Waals surface area contributed by atoms with Gasteiger partial charge < -0.3 is 10.6 Å². The molecule has 2 aromatic rings. The zero-order valence-electron chi connectivity index (χ0n) is 13.2. The molecule has 0 aliphatic heterocycles. The van der Waals surface area contributed by atoms with E-state index < -0.39 is 0 Å². The summed E-state index contributed by atoms with van der Waals surface area (Å²) >= 11 is 12.0. The summed E-state index contributed by atoms with van der Waals surface area (Å²) in [6, 6.07) is 6.78. The molecular weight excluding hydrogens is 335 g/mol. The fourth-order valence-corrected chi connectivity index (χ4v) is 2.45. The third-order valence-corrected chi connectivity index (χ3v) is 3.63. The molecule has 1 amide bonds. The molecule has 1 aromatic carbocycles. The second-order valence-corrected chi connectivity index (χ2v) is 6.12. The van der Waals surface area contributed by atoms with Gasteiger partial charge in [0, 0.05) is 27.8 Å². The number of aromatic nitrogens is 2. The fraction of sp³-hybridized carbons (Fsp3) is 0.312.